The van der Waals surface area contributed by atoms with Crippen molar-refractivity contribution in [1.82, 2.24) is 0 Å². The predicted molar refractivity (Wildman–Crippen MR) is 90.8 cm³/mol. The molecule has 0 heterocycles. The third-order valence-electron chi connectivity index (χ3n) is 8.38. The van der Waals surface area contributed by atoms with E-state index in [-0.39, 0.29) is 22.7 Å². The summed E-state index contributed by atoms with van der Waals surface area (Å²) in [5.74, 6) is 2.95. The van der Waals surface area contributed by atoms with Gasteiger partial charge in [0.05, 0.1) is 0 Å². The number of rotatable bonds is 1. The van der Waals surface area contributed by atoms with E-state index in [0.29, 0.717) is 35.7 Å². The highest BCUT2D eigenvalue weighted by molar-refractivity contribution is 5.87. The fourth-order valence-corrected chi connectivity index (χ4v) is 7.33. The minimum atomic E-state index is -0.0578. The van der Waals surface area contributed by atoms with E-state index in [9.17, 15) is 9.59 Å². The van der Waals surface area contributed by atoms with Crippen molar-refractivity contribution in [2.45, 2.75) is 65.7 Å². The summed E-state index contributed by atoms with van der Waals surface area (Å²) >= 11 is 0. The molecule has 0 unspecified atom stereocenters. The molecular formula is C21H30O2. The Balaban J connectivity index is 1.72. The third-order valence-corrected chi connectivity index (χ3v) is 8.38. The van der Waals surface area contributed by atoms with Crippen LogP contribution in [-0.4, -0.2) is 11.6 Å². The van der Waals surface area contributed by atoms with Gasteiger partial charge in [-0.25, -0.2) is 0 Å². The molecule has 126 valence electrons. The summed E-state index contributed by atoms with van der Waals surface area (Å²) in [6.07, 6.45) is 12.2. The number of hydrogen-bond acceptors (Lipinski definition) is 2. The molecule has 0 aromatic rings. The molecule has 4 rings (SSSR count). The van der Waals surface area contributed by atoms with Gasteiger partial charge in [0.1, 0.15) is 11.6 Å². The van der Waals surface area contributed by atoms with Crippen molar-refractivity contribution in [3.8, 4) is 0 Å². The maximum absolute atomic E-state index is 13.3. The van der Waals surface area contributed by atoms with Crippen molar-refractivity contribution in [1.29, 1.82) is 0 Å². The Kier molecular flexibility index (Phi) is 3.42. The van der Waals surface area contributed by atoms with Crippen LogP contribution < -0.4 is 0 Å². The van der Waals surface area contributed by atoms with Gasteiger partial charge in [-0.1, -0.05) is 26.0 Å². The summed E-state index contributed by atoms with van der Waals surface area (Å²) in [4.78, 5) is 25.4. The van der Waals surface area contributed by atoms with Gasteiger partial charge in [0.25, 0.3) is 0 Å². The maximum atomic E-state index is 13.3. The highest BCUT2D eigenvalue weighted by atomic mass is 16.1. The van der Waals surface area contributed by atoms with E-state index in [2.05, 4.69) is 26.0 Å². The molecule has 4 aliphatic carbocycles. The molecule has 0 aromatic carbocycles. The van der Waals surface area contributed by atoms with Gasteiger partial charge in [0.15, 0.2) is 0 Å². The van der Waals surface area contributed by atoms with Gasteiger partial charge in [0.2, 0.25) is 0 Å². The zero-order chi connectivity index (χ0) is 16.4. The molecule has 23 heavy (non-hydrogen) atoms. The summed E-state index contributed by atoms with van der Waals surface area (Å²) in [6, 6.07) is 0. The molecule has 3 saturated carbocycles. The first-order valence-electron chi connectivity index (χ1n) is 9.56. The molecule has 3 fully saturated rings. The van der Waals surface area contributed by atoms with E-state index in [4.69, 9.17) is 0 Å². The number of hydrogen-bond donors (Lipinski definition) is 0. The largest absolute Gasteiger partial charge is 0.300 e. The van der Waals surface area contributed by atoms with Crippen LogP contribution in [0.1, 0.15) is 65.7 Å². The third kappa shape index (κ3) is 1.99. The number of Topliss-reactive ketones (excluding diaryl/α,β-unsaturated/α-hetero) is 2. The molecule has 2 heteroatoms. The van der Waals surface area contributed by atoms with Gasteiger partial charge in [-0.2, -0.15) is 0 Å². The van der Waals surface area contributed by atoms with Gasteiger partial charge in [0, 0.05) is 18.3 Å². The maximum Gasteiger partial charge on any atom is 0.137 e. The summed E-state index contributed by atoms with van der Waals surface area (Å²) < 4.78 is 0. The van der Waals surface area contributed by atoms with Crippen molar-refractivity contribution in [2.24, 2.45) is 40.4 Å². The van der Waals surface area contributed by atoms with E-state index in [0.717, 1.165) is 25.7 Å². The van der Waals surface area contributed by atoms with E-state index in [1.807, 2.05) is 0 Å². The van der Waals surface area contributed by atoms with Gasteiger partial charge in [-0.05, 0) is 74.0 Å². The lowest BCUT2D eigenvalue weighted by Crippen LogP contribution is -2.56. The zero-order valence-electron chi connectivity index (χ0n) is 14.8. The molecule has 0 aliphatic heterocycles. The fourth-order valence-electron chi connectivity index (χ4n) is 7.33. The predicted octanol–water partition coefficient (Wildman–Crippen LogP) is 4.58. The average Bonchev–Trinajstić information content (AvgIpc) is 2.82. The van der Waals surface area contributed by atoms with Crippen LogP contribution in [0.4, 0.5) is 0 Å². The van der Waals surface area contributed by atoms with Crippen molar-refractivity contribution in [3.05, 3.63) is 12.2 Å². The van der Waals surface area contributed by atoms with E-state index in [1.165, 1.54) is 12.8 Å². The van der Waals surface area contributed by atoms with E-state index >= 15 is 0 Å². The van der Waals surface area contributed by atoms with Crippen molar-refractivity contribution >= 4 is 11.6 Å². The molecule has 0 spiro atoms. The number of ketones is 2. The summed E-state index contributed by atoms with van der Waals surface area (Å²) in [7, 11) is 0. The zero-order valence-corrected chi connectivity index (χ0v) is 14.8. The fraction of sp³-hybridized carbons (Fsp3) is 0.810. The Morgan fingerprint density at radius 2 is 1.87 bits per heavy atom. The number of carbonyl (C=O) groups excluding carboxylic acids is 2. The highest BCUT2D eigenvalue weighted by Crippen LogP contribution is 2.65. The lowest BCUT2D eigenvalue weighted by Gasteiger charge is -2.58. The van der Waals surface area contributed by atoms with Gasteiger partial charge < -0.3 is 0 Å². The molecule has 0 radical (unpaired) electrons. The Hall–Kier alpha value is -0.920. The van der Waals surface area contributed by atoms with Crippen LogP contribution in [0.3, 0.4) is 0 Å². The first-order chi connectivity index (χ1) is 10.9. The van der Waals surface area contributed by atoms with Crippen molar-refractivity contribution in [3.63, 3.8) is 0 Å². The first kappa shape index (κ1) is 15.6. The second kappa shape index (κ2) is 5.04. The molecule has 0 saturated heterocycles. The lowest BCUT2D eigenvalue weighted by molar-refractivity contribution is -0.155. The molecule has 0 N–H and O–H groups in total. The second-order valence-corrected chi connectivity index (χ2v) is 9.33. The van der Waals surface area contributed by atoms with Crippen molar-refractivity contribution < 1.29 is 9.59 Å². The van der Waals surface area contributed by atoms with Crippen LogP contribution in [-0.2, 0) is 9.59 Å². The van der Waals surface area contributed by atoms with Crippen molar-refractivity contribution in [2.75, 3.05) is 0 Å². The summed E-state index contributed by atoms with van der Waals surface area (Å²) in [6.45, 7) is 6.37. The minimum Gasteiger partial charge on any atom is -0.300 e. The molecule has 0 amide bonds. The molecular weight excluding hydrogens is 284 g/mol. The van der Waals surface area contributed by atoms with Crippen LogP contribution in [0.15, 0.2) is 12.2 Å². The molecule has 2 nitrogen and oxygen atoms in total. The lowest BCUT2D eigenvalue weighted by atomic mass is 9.45. The molecule has 0 bridgehead atoms. The normalized spacial score (nSPS) is 51.8. The number of fused-ring (bicyclic) bond motifs is 5. The van der Waals surface area contributed by atoms with Gasteiger partial charge in [-0.3, -0.25) is 9.59 Å². The average molecular weight is 314 g/mol. The van der Waals surface area contributed by atoms with E-state index in [1.54, 1.807) is 6.92 Å². The summed E-state index contributed by atoms with van der Waals surface area (Å²) in [5, 5.41) is 0. The van der Waals surface area contributed by atoms with Crippen LogP contribution in [0.25, 0.3) is 0 Å². The smallest absolute Gasteiger partial charge is 0.137 e. The van der Waals surface area contributed by atoms with Crippen LogP contribution >= 0.6 is 0 Å². The highest BCUT2D eigenvalue weighted by Gasteiger charge is 2.63. The number of allylic oxidation sites excluding steroid dienone is 2. The molecule has 4 aliphatic rings. The SMILES string of the molecule is CC(=O)[C@@H]1CC[C@@H]2[C@@H]3CC[C@H]4CC=CC[C@]4(C)[C@@H]3C(=O)C[C@@]21C. The van der Waals surface area contributed by atoms with Crippen LogP contribution in [0.5, 0.6) is 0 Å². The Bertz CT molecular complexity index is 576. The van der Waals surface area contributed by atoms with Crippen LogP contribution in [0, 0.1) is 40.4 Å². The molecule has 7 atom stereocenters. The number of carbonyl (C=O) groups is 2. The quantitative estimate of drug-likeness (QED) is 0.664. The van der Waals surface area contributed by atoms with Crippen LogP contribution in [0.2, 0.25) is 0 Å². The summed E-state index contributed by atoms with van der Waals surface area (Å²) in [5.41, 5.74) is 0.113. The topological polar surface area (TPSA) is 34.1 Å². The van der Waals surface area contributed by atoms with Gasteiger partial charge >= 0.3 is 0 Å². The standard InChI is InChI=1S/C21H30O2/c1-13(22)16-9-10-17-15-8-7-14-6-4-5-11-20(14,2)19(15)18(23)12-21(16,17)3/h4-5,14-17,19H,6-12H2,1-3H3/t14-,15+,16+,17-,19+,20+,21-/m1/s1. The van der Waals surface area contributed by atoms with E-state index < -0.39 is 0 Å². The Labute approximate surface area is 140 Å². The molecule has 0 aromatic heterocycles. The minimum absolute atomic E-state index is 0.0578. The monoisotopic (exact) mass is 314 g/mol. The second-order valence-electron chi connectivity index (χ2n) is 9.33. The Morgan fingerprint density at radius 1 is 1.09 bits per heavy atom. The Morgan fingerprint density at radius 3 is 2.61 bits per heavy atom. The van der Waals surface area contributed by atoms with Gasteiger partial charge in [-0.15, -0.1) is 0 Å². The first-order valence-corrected chi connectivity index (χ1v) is 9.56.